The van der Waals surface area contributed by atoms with Crippen LogP contribution in [0, 0.1) is 5.41 Å². The lowest BCUT2D eigenvalue weighted by atomic mass is 9.88. The Labute approximate surface area is 217 Å². The first-order chi connectivity index (χ1) is 17.8. The van der Waals surface area contributed by atoms with E-state index in [0.717, 1.165) is 24.0 Å². The zero-order valence-electron chi connectivity index (χ0n) is 20.9. The van der Waals surface area contributed by atoms with Gasteiger partial charge in [0.05, 0.1) is 5.54 Å². The van der Waals surface area contributed by atoms with Gasteiger partial charge in [-0.2, -0.15) is 4.31 Å². The summed E-state index contributed by atoms with van der Waals surface area (Å²) in [6.07, 6.45) is 1.46. The highest BCUT2D eigenvalue weighted by Crippen LogP contribution is 2.27. The number of carbonyl (C=O) groups is 1. The van der Waals surface area contributed by atoms with Gasteiger partial charge in [0.25, 0.3) is 15.9 Å². The number of benzene rings is 2. The van der Waals surface area contributed by atoms with Crippen LogP contribution in [0.1, 0.15) is 34.5 Å². The van der Waals surface area contributed by atoms with Gasteiger partial charge in [0, 0.05) is 39.8 Å². The molecule has 0 bridgehead atoms. The summed E-state index contributed by atoms with van der Waals surface area (Å²) in [6.45, 7) is 2.21. The number of likely N-dealkylation sites (tertiary alicyclic amines) is 1. The number of guanidine groups is 1. The van der Waals surface area contributed by atoms with Gasteiger partial charge < -0.3 is 20.1 Å². The van der Waals surface area contributed by atoms with Crippen LogP contribution in [0.3, 0.4) is 0 Å². The largest absolute Gasteiger partial charge is 0.354 e. The Hall–Kier alpha value is -3.63. The summed E-state index contributed by atoms with van der Waals surface area (Å²) in [5, 5.41) is 14.1. The van der Waals surface area contributed by atoms with E-state index in [4.69, 9.17) is 5.41 Å². The average Bonchev–Trinajstić information content (AvgIpc) is 3.47. The molecule has 37 heavy (non-hydrogen) atoms. The maximum absolute atomic E-state index is 13.9. The third-order valence-electron chi connectivity index (χ3n) is 7.30. The van der Waals surface area contributed by atoms with E-state index in [1.807, 2.05) is 60.7 Å². The highest BCUT2D eigenvalue weighted by Gasteiger charge is 2.40. The Morgan fingerprint density at radius 1 is 0.946 bits per heavy atom. The summed E-state index contributed by atoms with van der Waals surface area (Å²) in [5.74, 6) is 0.144. The molecule has 0 saturated carbocycles. The maximum atomic E-state index is 13.9. The summed E-state index contributed by atoms with van der Waals surface area (Å²) >= 11 is 0. The predicted molar refractivity (Wildman–Crippen MR) is 141 cm³/mol. The summed E-state index contributed by atoms with van der Waals surface area (Å²) in [4.78, 5) is 15.2. The van der Waals surface area contributed by atoms with Crippen molar-refractivity contribution in [2.75, 3.05) is 19.6 Å². The first-order valence-electron chi connectivity index (χ1n) is 12.4. The molecule has 2 aliphatic heterocycles. The Kier molecular flexibility index (Phi) is 6.78. The van der Waals surface area contributed by atoms with Crippen LogP contribution >= 0.6 is 0 Å². The lowest BCUT2D eigenvalue weighted by Gasteiger charge is -2.38. The van der Waals surface area contributed by atoms with Gasteiger partial charge in [0.15, 0.2) is 11.0 Å². The third-order valence-corrected chi connectivity index (χ3v) is 9.18. The minimum absolute atomic E-state index is 0.0892. The van der Waals surface area contributed by atoms with Crippen molar-refractivity contribution in [3.8, 4) is 0 Å². The van der Waals surface area contributed by atoms with Crippen LogP contribution in [0.25, 0.3) is 0 Å². The van der Waals surface area contributed by atoms with E-state index in [1.54, 1.807) is 18.0 Å². The van der Waals surface area contributed by atoms with Crippen molar-refractivity contribution in [2.45, 2.75) is 36.5 Å². The van der Waals surface area contributed by atoms with Gasteiger partial charge in [-0.1, -0.05) is 60.7 Å². The number of rotatable bonds is 7. The van der Waals surface area contributed by atoms with E-state index in [0.29, 0.717) is 31.3 Å². The molecule has 1 aromatic heterocycles. The number of sulfonamides is 1. The molecule has 1 amide bonds. The van der Waals surface area contributed by atoms with E-state index in [2.05, 4.69) is 10.6 Å². The fourth-order valence-electron chi connectivity index (χ4n) is 5.11. The van der Waals surface area contributed by atoms with Gasteiger partial charge in [0.1, 0.15) is 5.69 Å². The standard InChI is InChI=1S/C27H32N6O3S/c1-31-23(25(34)32-16-14-27(15-17-32)20-29-26(28)30-27)12-13-24(31)37(35,36)33(18-21-8-4-2-5-9-21)19-22-10-6-3-7-11-22/h2-13H,14-20H2,1H3,(H3,28,29,30). The van der Waals surface area contributed by atoms with Crippen LogP contribution in [0.15, 0.2) is 77.8 Å². The first kappa shape index (κ1) is 25.0. The third kappa shape index (κ3) is 5.12. The second kappa shape index (κ2) is 10.0. The minimum Gasteiger partial charge on any atom is -0.354 e. The number of piperidine rings is 1. The molecule has 10 heteroatoms. The van der Waals surface area contributed by atoms with Gasteiger partial charge >= 0.3 is 0 Å². The Morgan fingerprint density at radius 2 is 1.51 bits per heavy atom. The zero-order chi connectivity index (χ0) is 26.0. The number of nitrogens with one attached hydrogen (secondary N) is 3. The number of hydrogen-bond acceptors (Lipinski definition) is 4. The molecule has 2 saturated heterocycles. The van der Waals surface area contributed by atoms with Crippen LogP contribution in [-0.2, 0) is 30.2 Å². The molecule has 2 aliphatic rings. The second-order valence-electron chi connectivity index (χ2n) is 9.79. The monoisotopic (exact) mass is 520 g/mol. The molecule has 3 heterocycles. The van der Waals surface area contributed by atoms with Crippen LogP contribution < -0.4 is 10.6 Å². The summed E-state index contributed by atoms with van der Waals surface area (Å²) in [5.41, 5.74) is 1.93. The fraction of sp³-hybridized carbons (Fsp3) is 0.333. The molecule has 1 spiro atoms. The molecule has 0 aliphatic carbocycles. The van der Waals surface area contributed by atoms with E-state index < -0.39 is 10.0 Å². The van der Waals surface area contributed by atoms with Crippen LogP contribution in [-0.4, -0.2) is 59.2 Å². The summed E-state index contributed by atoms with van der Waals surface area (Å²) < 4.78 is 30.8. The average molecular weight is 521 g/mol. The van der Waals surface area contributed by atoms with Crippen molar-refractivity contribution in [2.24, 2.45) is 7.05 Å². The smallest absolute Gasteiger partial charge is 0.270 e. The predicted octanol–water partition coefficient (Wildman–Crippen LogP) is 2.52. The number of hydrogen-bond donors (Lipinski definition) is 3. The number of amides is 1. The van der Waals surface area contributed by atoms with Crippen LogP contribution in [0.4, 0.5) is 0 Å². The van der Waals surface area contributed by atoms with Crippen molar-refractivity contribution < 1.29 is 13.2 Å². The first-order valence-corrected chi connectivity index (χ1v) is 13.9. The summed E-state index contributed by atoms with van der Waals surface area (Å²) in [7, 11) is -2.27. The quantitative estimate of drug-likeness (QED) is 0.444. The van der Waals surface area contributed by atoms with Crippen molar-refractivity contribution in [3.63, 3.8) is 0 Å². The molecule has 2 fully saturated rings. The normalized spacial score (nSPS) is 17.1. The zero-order valence-corrected chi connectivity index (χ0v) is 21.7. The highest BCUT2D eigenvalue weighted by atomic mass is 32.2. The van der Waals surface area contributed by atoms with E-state index in [9.17, 15) is 13.2 Å². The minimum atomic E-state index is -3.91. The van der Waals surface area contributed by atoms with Gasteiger partial charge in [-0.3, -0.25) is 10.2 Å². The molecule has 194 valence electrons. The van der Waals surface area contributed by atoms with Crippen molar-refractivity contribution >= 4 is 21.9 Å². The van der Waals surface area contributed by atoms with E-state index >= 15 is 0 Å². The van der Waals surface area contributed by atoms with Crippen molar-refractivity contribution in [1.29, 1.82) is 5.41 Å². The van der Waals surface area contributed by atoms with Crippen molar-refractivity contribution in [3.05, 3.63) is 89.6 Å². The molecule has 0 unspecified atom stereocenters. The maximum Gasteiger partial charge on any atom is 0.270 e. The molecule has 2 aromatic carbocycles. The van der Waals surface area contributed by atoms with Gasteiger partial charge in [0.2, 0.25) is 0 Å². The van der Waals surface area contributed by atoms with Gasteiger partial charge in [-0.15, -0.1) is 0 Å². The topological polar surface area (TPSA) is 111 Å². The van der Waals surface area contributed by atoms with Crippen molar-refractivity contribution in [1.82, 2.24) is 24.4 Å². The molecule has 5 rings (SSSR count). The van der Waals surface area contributed by atoms with E-state index in [-0.39, 0.29) is 29.6 Å². The number of carbonyl (C=O) groups excluding carboxylic acids is 1. The lowest BCUT2D eigenvalue weighted by molar-refractivity contribution is 0.0658. The number of nitrogens with zero attached hydrogens (tertiary/aromatic N) is 3. The van der Waals surface area contributed by atoms with Crippen LogP contribution in [0.2, 0.25) is 0 Å². The SMILES string of the molecule is Cn1c(C(=O)N2CCC3(CC2)CNC(=N)N3)ccc1S(=O)(=O)N(Cc1ccccc1)Cc1ccccc1. The van der Waals surface area contributed by atoms with E-state index in [1.165, 1.54) is 14.9 Å². The highest BCUT2D eigenvalue weighted by molar-refractivity contribution is 7.89. The summed E-state index contributed by atoms with van der Waals surface area (Å²) in [6, 6.07) is 22.2. The molecule has 0 radical (unpaired) electrons. The molecule has 9 nitrogen and oxygen atoms in total. The second-order valence-corrected chi connectivity index (χ2v) is 11.7. The molecule has 0 atom stereocenters. The lowest BCUT2D eigenvalue weighted by Crippen LogP contribution is -2.53. The van der Waals surface area contributed by atoms with Gasteiger partial charge in [-0.05, 0) is 36.1 Å². The molecule has 3 N–H and O–H groups in total. The Morgan fingerprint density at radius 3 is 2.03 bits per heavy atom. The Balaban J connectivity index is 1.37. The molecular weight excluding hydrogens is 488 g/mol. The molecule has 3 aromatic rings. The Bertz CT molecular complexity index is 1340. The van der Waals surface area contributed by atoms with Crippen LogP contribution in [0.5, 0.6) is 0 Å². The fourth-order valence-corrected chi connectivity index (χ4v) is 6.70. The number of aromatic nitrogens is 1. The van der Waals surface area contributed by atoms with Gasteiger partial charge in [-0.25, -0.2) is 8.42 Å². The molecular formula is C27H32N6O3S.